The van der Waals surface area contributed by atoms with Gasteiger partial charge in [0.1, 0.15) is 0 Å². The summed E-state index contributed by atoms with van der Waals surface area (Å²) in [4.78, 5) is 0. The van der Waals surface area contributed by atoms with Crippen LogP contribution in [0.1, 0.15) is 6.92 Å². The molecule has 0 aliphatic heterocycles. The van der Waals surface area contributed by atoms with Crippen LogP contribution in [0.25, 0.3) is 0 Å². The third-order valence-electron chi connectivity index (χ3n) is 0.650. The Morgan fingerprint density at radius 1 is 1.75 bits per heavy atom. The van der Waals surface area contributed by atoms with E-state index in [4.69, 9.17) is 10.8 Å². The molecular weight excluding hydrogens is 126 g/mol. The van der Waals surface area contributed by atoms with Crippen molar-refractivity contribution in [1.82, 2.24) is 0 Å². The van der Waals surface area contributed by atoms with Gasteiger partial charge in [-0.25, -0.2) is 0 Å². The van der Waals surface area contributed by atoms with Crippen molar-refractivity contribution in [3.05, 3.63) is 12.2 Å². The lowest BCUT2D eigenvalue weighted by atomic mass is 10.3. The minimum Gasteiger partial charge on any atom is -0.394 e. The fraction of sp³-hybridized carbons (Fsp3) is 0.600. The minimum atomic E-state index is -0.176. The van der Waals surface area contributed by atoms with E-state index < -0.39 is 0 Å². The molecule has 0 aliphatic carbocycles. The van der Waals surface area contributed by atoms with Crippen LogP contribution in [0.5, 0.6) is 0 Å². The van der Waals surface area contributed by atoms with Crippen LogP contribution >= 0.6 is 12.4 Å². The zero-order valence-corrected chi connectivity index (χ0v) is 5.69. The predicted molar refractivity (Wildman–Crippen MR) is 37.1 cm³/mol. The molecule has 1 unspecified atom stereocenters. The quantitative estimate of drug-likeness (QED) is 0.538. The molecule has 1 atom stereocenters. The molecule has 0 aromatic heterocycles. The van der Waals surface area contributed by atoms with Crippen molar-refractivity contribution in [1.29, 1.82) is 0 Å². The van der Waals surface area contributed by atoms with E-state index in [2.05, 4.69) is 0 Å². The highest BCUT2D eigenvalue weighted by Crippen LogP contribution is 1.76. The summed E-state index contributed by atoms with van der Waals surface area (Å²) < 4.78 is 0. The molecule has 2 nitrogen and oxygen atoms in total. The van der Waals surface area contributed by atoms with Crippen LogP contribution in [-0.4, -0.2) is 17.8 Å². The smallest absolute Gasteiger partial charge is 0.0618 e. The zero-order chi connectivity index (χ0) is 5.70. The molecule has 0 aliphatic rings. The average Bonchev–Trinajstić information content (AvgIpc) is 1.68. The summed E-state index contributed by atoms with van der Waals surface area (Å²) in [6, 6.07) is -0.176. The summed E-state index contributed by atoms with van der Waals surface area (Å²) in [5, 5.41) is 8.29. The number of aliphatic hydroxyl groups is 1. The van der Waals surface area contributed by atoms with Gasteiger partial charge in [-0.05, 0) is 6.92 Å². The Labute approximate surface area is 55.8 Å². The van der Waals surface area contributed by atoms with E-state index >= 15 is 0 Å². The van der Waals surface area contributed by atoms with Crippen LogP contribution in [0.3, 0.4) is 0 Å². The van der Waals surface area contributed by atoms with Gasteiger partial charge in [0, 0.05) is 6.04 Å². The van der Waals surface area contributed by atoms with Gasteiger partial charge in [0.25, 0.3) is 0 Å². The molecule has 3 heteroatoms. The van der Waals surface area contributed by atoms with Gasteiger partial charge in [-0.15, -0.1) is 12.4 Å². The van der Waals surface area contributed by atoms with Gasteiger partial charge in [-0.2, -0.15) is 0 Å². The molecule has 0 amide bonds. The molecule has 0 heterocycles. The van der Waals surface area contributed by atoms with Gasteiger partial charge in [-0.3, -0.25) is 0 Å². The van der Waals surface area contributed by atoms with Crippen molar-refractivity contribution in [3.63, 3.8) is 0 Å². The number of aliphatic hydroxyl groups excluding tert-OH is 1. The van der Waals surface area contributed by atoms with E-state index in [9.17, 15) is 0 Å². The summed E-state index contributed by atoms with van der Waals surface area (Å²) in [5.74, 6) is 0. The molecule has 0 aromatic rings. The number of allylic oxidation sites excluding steroid dienone is 1. The maximum Gasteiger partial charge on any atom is 0.0618 e. The Morgan fingerprint density at radius 2 is 2.25 bits per heavy atom. The fourth-order valence-electron chi connectivity index (χ4n) is 0.308. The Morgan fingerprint density at radius 3 is 2.38 bits per heavy atom. The molecule has 8 heavy (non-hydrogen) atoms. The molecule has 0 bridgehead atoms. The van der Waals surface area contributed by atoms with E-state index in [0.717, 1.165) is 0 Å². The Bertz CT molecular complexity index is 65.4. The van der Waals surface area contributed by atoms with Gasteiger partial charge >= 0.3 is 0 Å². The van der Waals surface area contributed by atoms with E-state index in [1.807, 2.05) is 13.0 Å². The highest BCUT2D eigenvalue weighted by atomic mass is 35.5. The molecule has 0 radical (unpaired) electrons. The predicted octanol–water partition coefficient (Wildman–Crippen LogP) is 0.304. The van der Waals surface area contributed by atoms with Gasteiger partial charge in [0.15, 0.2) is 0 Å². The number of rotatable bonds is 2. The normalized spacial score (nSPS) is 13.4. The SMILES string of the molecule is CC=CC(N)CO.Cl. The third-order valence-corrected chi connectivity index (χ3v) is 0.650. The van der Waals surface area contributed by atoms with Gasteiger partial charge < -0.3 is 10.8 Å². The van der Waals surface area contributed by atoms with Gasteiger partial charge in [0.05, 0.1) is 6.61 Å². The monoisotopic (exact) mass is 137 g/mol. The first-order chi connectivity index (χ1) is 3.31. The van der Waals surface area contributed by atoms with Gasteiger partial charge in [-0.1, -0.05) is 12.2 Å². The summed E-state index contributed by atoms with van der Waals surface area (Å²) in [7, 11) is 0. The molecule has 0 fully saturated rings. The van der Waals surface area contributed by atoms with Crippen LogP contribution in [0.2, 0.25) is 0 Å². The Hall–Kier alpha value is -0.0500. The zero-order valence-electron chi connectivity index (χ0n) is 4.87. The molecule has 0 aromatic carbocycles. The molecule has 0 rings (SSSR count). The Kier molecular flexibility index (Phi) is 9.42. The fourth-order valence-corrected chi connectivity index (χ4v) is 0.308. The van der Waals surface area contributed by atoms with E-state index in [1.165, 1.54) is 0 Å². The largest absolute Gasteiger partial charge is 0.394 e. The average molecular weight is 138 g/mol. The first kappa shape index (κ1) is 10.8. The van der Waals surface area contributed by atoms with Gasteiger partial charge in [0.2, 0.25) is 0 Å². The Balaban J connectivity index is 0. The lowest BCUT2D eigenvalue weighted by molar-refractivity contribution is 0.284. The van der Waals surface area contributed by atoms with Crippen LogP contribution < -0.4 is 5.73 Å². The first-order valence-corrected chi connectivity index (χ1v) is 2.30. The lowest BCUT2D eigenvalue weighted by Gasteiger charge is -1.95. The van der Waals surface area contributed by atoms with E-state index in [1.54, 1.807) is 6.08 Å². The molecule has 50 valence electrons. The highest BCUT2D eigenvalue weighted by Gasteiger charge is 1.87. The van der Waals surface area contributed by atoms with Crippen molar-refractivity contribution < 1.29 is 5.11 Å². The lowest BCUT2D eigenvalue weighted by Crippen LogP contribution is -2.20. The summed E-state index contributed by atoms with van der Waals surface area (Å²) >= 11 is 0. The second-order valence-corrected chi connectivity index (χ2v) is 1.37. The standard InChI is InChI=1S/C5H11NO.ClH/c1-2-3-5(6)4-7;/h2-3,5,7H,4,6H2,1H3;1H. The number of hydrogen-bond acceptors (Lipinski definition) is 2. The van der Waals surface area contributed by atoms with Crippen molar-refractivity contribution in [3.8, 4) is 0 Å². The molecule has 0 saturated carbocycles. The minimum absolute atomic E-state index is 0. The van der Waals surface area contributed by atoms with Crippen molar-refractivity contribution >= 4 is 12.4 Å². The third kappa shape index (κ3) is 5.95. The second-order valence-electron chi connectivity index (χ2n) is 1.37. The second kappa shape index (κ2) is 6.95. The maximum atomic E-state index is 8.29. The maximum absolute atomic E-state index is 8.29. The first-order valence-electron chi connectivity index (χ1n) is 2.30. The summed E-state index contributed by atoms with van der Waals surface area (Å²) in [6.45, 7) is 1.90. The van der Waals surface area contributed by atoms with E-state index in [-0.39, 0.29) is 25.1 Å². The summed E-state index contributed by atoms with van der Waals surface area (Å²) in [6.07, 6.45) is 3.57. The number of hydrogen-bond donors (Lipinski definition) is 2. The van der Waals surface area contributed by atoms with Crippen molar-refractivity contribution in [2.75, 3.05) is 6.61 Å². The van der Waals surface area contributed by atoms with Crippen LogP contribution in [-0.2, 0) is 0 Å². The topological polar surface area (TPSA) is 46.2 Å². The van der Waals surface area contributed by atoms with Crippen molar-refractivity contribution in [2.45, 2.75) is 13.0 Å². The molecule has 0 spiro atoms. The van der Waals surface area contributed by atoms with Crippen molar-refractivity contribution in [2.24, 2.45) is 5.73 Å². The van der Waals surface area contributed by atoms with E-state index in [0.29, 0.717) is 0 Å². The highest BCUT2D eigenvalue weighted by molar-refractivity contribution is 5.85. The van der Waals surface area contributed by atoms with Crippen LogP contribution in [0.4, 0.5) is 0 Å². The molecule has 0 saturated heterocycles. The number of halogens is 1. The van der Waals surface area contributed by atoms with Crippen LogP contribution in [0, 0.1) is 0 Å². The number of nitrogens with two attached hydrogens (primary N) is 1. The summed E-state index contributed by atoms with van der Waals surface area (Å²) in [5.41, 5.74) is 5.25. The molecule has 3 N–H and O–H groups in total. The molecular formula is C5H12ClNO. The van der Waals surface area contributed by atoms with Crippen LogP contribution in [0.15, 0.2) is 12.2 Å².